The molecule has 0 aliphatic rings. The first-order chi connectivity index (χ1) is 16.3. The van der Waals surface area contributed by atoms with Crippen LogP contribution in [0.15, 0.2) is 71.5 Å². The van der Waals surface area contributed by atoms with Crippen molar-refractivity contribution in [2.75, 3.05) is 12.4 Å². The van der Waals surface area contributed by atoms with Gasteiger partial charge in [0.25, 0.3) is 5.56 Å². The van der Waals surface area contributed by atoms with Crippen LogP contribution in [0.3, 0.4) is 0 Å². The summed E-state index contributed by atoms with van der Waals surface area (Å²) in [7, 11) is 1.74. The Morgan fingerprint density at radius 2 is 1.71 bits per heavy atom. The standard InChI is InChI=1S/C28H30N4O2/c1-6-25(31(5)28(34)29-21-14-11-18(2)12-15-21)26-30-24-10-8-7-9-23(24)27(33)32(26)22-16-13-19(3)20(4)17-22/h7-17,25H,6H2,1-5H3,(H,29,34). The van der Waals surface area contributed by atoms with Gasteiger partial charge in [-0.15, -0.1) is 0 Å². The summed E-state index contributed by atoms with van der Waals surface area (Å²) in [6.07, 6.45) is 0.591. The molecule has 0 saturated heterocycles. The third-order valence-electron chi connectivity index (χ3n) is 6.33. The zero-order chi connectivity index (χ0) is 24.4. The summed E-state index contributed by atoms with van der Waals surface area (Å²) in [4.78, 5) is 33.4. The number of urea groups is 1. The molecule has 4 aromatic rings. The highest BCUT2D eigenvalue weighted by Crippen LogP contribution is 2.26. The molecular weight excluding hydrogens is 424 g/mol. The minimum atomic E-state index is -0.413. The highest BCUT2D eigenvalue weighted by atomic mass is 16.2. The Labute approximate surface area is 199 Å². The van der Waals surface area contributed by atoms with E-state index in [4.69, 9.17) is 4.98 Å². The van der Waals surface area contributed by atoms with Gasteiger partial charge in [-0.3, -0.25) is 9.36 Å². The van der Waals surface area contributed by atoms with Crippen molar-refractivity contribution in [1.29, 1.82) is 0 Å². The van der Waals surface area contributed by atoms with Crippen LogP contribution in [0, 0.1) is 20.8 Å². The first kappa shape index (κ1) is 23.2. The van der Waals surface area contributed by atoms with Crippen LogP contribution in [0.5, 0.6) is 0 Å². The van der Waals surface area contributed by atoms with Gasteiger partial charge in [0.05, 0.1) is 22.6 Å². The molecule has 1 heterocycles. The molecule has 0 radical (unpaired) electrons. The van der Waals surface area contributed by atoms with Crippen LogP contribution in [0.25, 0.3) is 16.6 Å². The highest BCUT2D eigenvalue weighted by Gasteiger charge is 2.26. The molecule has 6 heteroatoms. The van der Waals surface area contributed by atoms with Gasteiger partial charge in [0.2, 0.25) is 0 Å². The lowest BCUT2D eigenvalue weighted by Crippen LogP contribution is -2.38. The minimum absolute atomic E-state index is 0.144. The predicted molar refractivity (Wildman–Crippen MR) is 138 cm³/mol. The van der Waals surface area contributed by atoms with Crippen molar-refractivity contribution in [1.82, 2.24) is 14.5 Å². The van der Waals surface area contributed by atoms with Crippen LogP contribution in [-0.4, -0.2) is 27.5 Å². The summed E-state index contributed by atoms with van der Waals surface area (Å²) in [6, 6.07) is 20.3. The second kappa shape index (κ2) is 9.51. The molecule has 2 amide bonds. The molecule has 1 unspecified atom stereocenters. The molecule has 0 aliphatic carbocycles. The van der Waals surface area contributed by atoms with E-state index in [0.717, 1.165) is 28.1 Å². The Hall–Kier alpha value is -3.93. The fourth-order valence-electron chi connectivity index (χ4n) is 4.11. The quantitative estimate of drug-likeness (QED) is 0.407. The molecular formula is C28H30N4O2. The van der Waals surface area contributed by atoms with Crippen LogP contribution in [0.2, 0.25) is 0 Å². The number of carbonyl (C=O) groups is 1. The molecule has 0 fully saturated rings. The summed E-state index contributed by atoms with van der Waals surface area (Å²) < 4.78 is 1.65. The molecule has 0 bridgehead atoms. The Balaban J connectivity index is 1.83. The largest absolute Gasteiger partial charge is 0.322 e. The topological polar surface area (TPSA) is 67.2 Å². The average Bonchev–Trinajstić information content (AvgIpc) is 2.83. The van der Waals surface area contributed by atoms with Gasteiger partial charge in [0.1, 0.15) is 5.82 Å². The van der Waals surface area contributed by atoms with E-state index in [1.165, 1.54) is 0 Å². The zero-order valence-corrected chi connectivity index (χ0v) is 20.3. The van der Waals surface area contributed by atoms with Crippen LogP contribution < -0.4 is 10.9 Å². The minimum Gasteiger partial charge on any atom is -0.317 e. The van der Waals surface area contributed by atoms with Crippen molar-refractivity contribution in [3.63, 3.8) is 0 Å². The van der Waals surface area contributed by atoms with E-state index in [2.05, 4.69) is 5.32 Å². The number of aromatic nitrogens is 2. The Morgan fingerprint density at radius 3 is 2.38 bits per heavy atom. The van der Waals surface area contributed by atoms with E-state index < -0.39 is 6.04 Å². The number of fused-ring (bicyclic) bond motifs is 1. The van der Waals surface area contributed by atoms with Crippen molar-refractivity contribution in [3.8, 4) is 5.69 Å². The molecule has 0 saturated carbocycles. The van der Waals surface area contributed by atoms with Gasteiger partial charge in [-0.25, -0.2) is 9.78 Å². The molecule has 3 aromatic carbocycles. The van der Waals surface area contributed by atoms with Crippen molar-refractivity contribution in [2.45, 2.75) is 40.2 Å². The second-order valence-electron chi connectivity index (χ2n) is 8.73. The molecule has 4 rings (SSSR count). The summed E-state index contributed by atoms with van der Waals surface area (Å²) in [6.45, 7) is 8.06. The van der Waals surface area contributed by atoms with E-state index in [1.54, 1.807) is 22.6 Å². The number of aryl methyl sites for hydroxylation is 3. The van der Waals surface area contributed by atoms with Gasteiger partial charge in [0, 0.05) is 12.7 Å². The predicted octanol–water partition coefficient (Wildman–Crippen LogP) is 5.93. The van der Waals surface area contributed by atoms with Crippen molar-refractivity contribution in [3.05, 3.63) is 99.6 Å². The number of rotatable bonds is 5. The van der Waals surface area contributed by atoms with Crippen LogP contribution in [-0.2, 0) is 0 Å². The number of amides is 2. The lowest BCUT2D eigenvalue weighted by atomic mass is 10.1. The number of hydrogen-bond donors (Lipinski definition) is 1. The maximum atomic E-state index is 13.7. The summed E-state index contributed by atoms with van der Waals surface area (Å²) in [5.41, 5.74) is 5.29. The van der Waals surface area contributed by atoms with Crippen LogP contribution in [0.4, 0.5) is 10.5 Å². The normalized spacial score (nSPS) is 11.9. The molecule has 0 aliphatic heterocycles. The molecule has 1 N–H and O–H groups in total. The molecule has 34 heavy (non-hydrogen) atoms. The fourth-order valence-corrected chi connectivity index (χ4v) is 4.11. The van der Waals surface area contributed by atoms with E-state index in [-0.39, 0.29) is 11.6 Å². The van der Waals surface area contributed by atoms with Crippen molar-refractivity contribution >= 4 is 22.6 Å². The Kier molecular flexibility index (Phi) is 6.50. The maximum Gasteiger partial charge on any atom is 0.322 e. The van der Waals surface area contributed by atoms with E-state index in [0.29, 0.717) is 23.1 Å². The third-order valence-corrected chi connectivity index (χ3v) is 6.33. The van der Waals surface area contributed by atoms with Crippen LogP contribution >= 0.6 is 0 Å². The fraction of sp³-hybridized carbons (Fsp3) is 0.250. The Morgan fingerprint density at radius 1 is 1.00 bits per heavy atom. The smallest absolute Gasteiger partial charge is 0.317 e. The van der Waals surface area contributed by atoms with Crippen molar-refractivity contribution < 1.29 is 4.79 Å². The van der Waals surface area contributed by atoms with Crippen LogP contribution in [0.1, 0.15) is 41.9 Å². The van der Waals surface area contributed by atoms with Gasteiger partial charge < -0.3 is 10.2 Å². The number of nitrogens with one attached hydrogen (secondary N) is 1. The SMILES string of the molecule is CCC(c1nc2ccccc2c(=O)n1-c1ccc(C)c(C)c1)N(C)C(=O)Nc1ccc(C)cc1. The van der Waals surface area contributed by atoms with Gasteiger partial charge in [-0.1, -0.05) is 42.8 Å². The summed E-state index contributed by atoms with van der Waals surface area (Å²) >= 11 is 0. The first-order valence-corrected chi connectivity index (χ1v) is 11.5. The number of para-hydroxylation sites is 1. The lowest BCUT2D eigenvalue weighted by Gasteiger charge is -2.29. The lowest BCUT2D eigenvalue weighted by molar-refractivity contribution is 0.199. The van der Waals surface area contributed by atoms with Crippen molar-refractivity contribution in [2.24, 2.45) is 0 Å². The van der Waals surface area contributed by atoms with E-state index >= 15 is 0 Å². The summed E-state index contributed by atoms with van der Waals surface area (Å²) in [5, 5.41) is 3.50. The second-order valence-corrected chi connectivity index (χ2v) is 8.73. The highest BCUT2D eigenvalue weighted by molar-refractivity contribution is 5.89. The van der Waals surface area contributed by atoms with E-state index in [1.807, 2.05) is 88.4 Å². The third kappa shape index (κ3) is 4.44. The van der Waals surface area contributed by atoms with Gasteiger partial charge in [-0.05, 0) is 74.7 Å². The monoisotopic (exact) mass is 454 g/mol. The molecule has 6 nitrogen and oxygen atoms in total. The van der Waals surface area contributed by atoms with E-state index in [9.17, 15) is 9.59 Å². The maximum absolute atomic E-state index is 13.7. The Bertz CT molecular complexity index is 1410. The molecule has 1 aromatic heterocycles. The number of nitrogens with zero attached hydrogens (tertiary/aromatic N) is 3. The van der Waals surface area contributed by atoms with Gasteiger partial charge in [-0.2, -0.15) is 0 Å². The number of carbonyl (C=O) groups excluding carboxylic acids is 1. The summed E-state index contributed by atoms with van der Waals surface area (Å²) in [5.74, 6) is 0.538. The van der Waals surface area contributed by atoms with Gasteiger partial charge in [0.15, 0.2) is 0 Å². The zero-order valence-electron chi connectivity index (χ0n) is 20.3. The average molecular weight is 455 g/mol. The molecule has 1 atom stereocenters. The molecule has 0 spiro atoms. The first-order valence-electron chi connectivity index (χ1n) is 11.5. The number of hydrogen-bond acceptors (Lipinski definition) is 3. The molecule has 174 valence electrons. The number of anilines is 1. The van der Waals surface area contributed by atoms with Gasteiger partial charge >= 0.3 is 6.03 Å². The number of benzene rings is 3.